The second kappa shape index (κ2) is 9.37. The number of hydrogen-bond donors (Lipinski definition) is 0. The van der Waals surface area contributed by atoms with Gasteiger partial charge in [0.05, 0.1) is 26.9 Å². The van der Waals surface area contributed by atoms with E-state index in [1.54, 1.807) is 0 Å². The Kier molecular flexibility index (Phi) is 5.56. The van der Waals surface area contributed by atoms with Gasteiger partial charge in [0.2, 0.25) is 5.95 Å². The topological polar surface area (TPSA) is 30.7 Å². The highest BCUT2D eigenvalue weighted by Gasteiger charge is 2.27. The van der Waals surface area contributed by atoms with Crippen LogP contribution in [0, 0.1) is 0 Å². The lowest BCUT2D eigenvalue weighted by atomic mass is 9.88. The van der Waals surface area contributed by atoms with E-state index in [1.165, 1.54) is 42.4 Å². The summed E-state index contributed by atoms with van der Waals surface area (Å²) in [6.07, 6.45) is 0. The Labute approximate surface area is 248 Å². The Morgan fingerprint density at radius 3 is 1.93 bits per heavy atom. The molecule has 0 aliphatic carbocycles. The zero-order chi connectivity index (χ0) is 28.4. The van der Waals surface area contributed by atoms with Crippen LogP contribution in [0.15, 0.2) is 121 Å². The maximum atomic E-state index is 5.31. The van der Waals surface area contributed by atoms with E-state index in [1.807, 2.05) is 17.4 Å². The second-order valence-corrected chi connectivity index (χ2v) is 12.9. The van der Waals surface area contributed by atoms with Crippen LogP contribution in [-0.4, -0.2) is 14.5 Å². The predicted molar refractivity (Wildman–Crippen MR) is 179 cm³/mol. The molecule has 0 spiro atoms. The minimum absolute atomic E-state index is 0.0159. The predicted octanol–water partition coefficient (Wildman–Crippen LogP) is 10.6. The number of thiophene rings is 1. The molecule has 0 atom stereocenters. The van der Waals surface area contributed by atoms with Gasteiger partial charge in [-0.05, 0) is 23.1 Å². The molecule has 42 heavy (non-hydrogen) atoms. The molecule has 0 radical (unpaired) electrons. The van der Waals surface area contributed by atoms with E-state index >= 15 is 0 Å². The van der Waals surface area contributed by atoms with Gasteiger partial charge in [-0.15, -0.1) is 11.3 Å². The summed E-state index contributed by atoms with van der Waals surface area (Å²) in [4.78, 5) is 11.9. The number of aromatic nitrogens is 3. The molecule has 8 aromatic rings. The van der Waals surface area contributed by atoms with Crippen molar-refractivity contribution < 1.29 is 0 Å². The fourth-order valence-electron chi connectivity index (χ4n) is 6.21. The van der Waals surface area contributed by atoms with Gasteiger partial charge in [-0.2, -0.15) is 0 Å². The third-order valence-electron chi connectivity index (χ3n) is 8.07. The maximum Gasteiger partial charge on any atom is 0.235 e. The summed E-state index contributed by atoms with van der Waals surface area (Å²) in [5.74, 6) is 0.693. The minimum atomic E-state index is -0.0159. The van der Waals surface area contributed by atoms with Gasteiger partial charge in [0.15, 0.2) is 0 Å². The van der Waals surface area contributed by atoms with Crippen LogP contribution >= 0.6 is 11.3 Å². The van der Waals surface area contributed by atoms with Crippen LogP contribution in [-0.2, 0) is 5.41 Å². The Morgan fingerprint density at radius 1 is 0.571 bits per heavy atom. The summed E-state index contributed by atoms with van der Waals surface area (Å²) < 4.78 is 3.56. The van der Waals surface area contributed by atoms with Crippen molar-refractivity contribution in [2.75, 3.05) is 0 Å². The molecule has 0 fully saturated rings. The average molecular weight is 560 g/mol. The summed E-state index contributed by atoms with van der Waals surface area (Å²) in [6, 6.07) is 42.8. The number of nitrogens with zero attached hydrogens (tertiary/aromatic N) is 3. The first kappa shape index (κ1) is 25.0. The van der Waals surface area contributed by atoms with Gasteiger partial charge in [-0.3, -0.25) is 4.57 Å². The van der Waals surface area contributed by atoms with Crippen molar-refractivity contribution in [3.8, 4) is 28.3 Å². The zero-order valence-corrected chi connectivity index (χ0v) is 24.6. The van der Waals surface area contributed by atoms with Crippen molar-refractivity contribution in [2.45, 2.75) is 26.2 Å². The molecule has 0 saturated carbocycles. The van der Waals surface area contributed by atoms with Gasteiger partial charge in [0.25, 0.3) is 0 Å². The summed E-state index contributed by atoms with van der Waals surface area (Å²) in [5.41, 5.74) is 7.81. The molecule has 4 heteroatoms. The first-order valence-corrected chi connectivity index (χ1v) is 15.2. The van der Waals surface area contributed by atoms with Crippen LogP contribution in [0.1, 0.15) is 25.6 Å². The van der Waals surface area contributed by atoms with Crippen LogP contribution in [0.5, 0.6) is 0 Å². The largest absolute Gasteiger partial charge is 0.276 e. The molecule has 0 saturated heterocycles. The molecule has 5 aromatic carbocycles. The van der Waals surface area contributed by atoms with E-state index in [9.17, 15) is 0 Å². The number of para-hydroxylation sites is 2. The molecule has 0 unspecified atom stereocenters. The smallest absolute Gasteiger partial charge is 0.235 e. The molecular formula is C38H29N3S. The number of hydrogen-bond acceptors (Lipinski definition) is 3. The molecule has 0 aliphatic heterocycles. The Bertz CT molecular complexity index is 2270. The third-order valence-corrected chi connectivity index (χ3v) is 9.71. The first-order valence-electron chi connectivity index (χ1n) is 14.4. The van der Waals surface area contributed by atoms with Crippen molar-refractivity contribution in [3.05, 3.63) is 126 Å². The normalized spacial score (nSPS) is 12.2. The molecule has 3 heterocycles. The minimum Gasteiger partial charge on any atom is -0.276 e. The van der Waals surface area contributed by atoms with E-state index in [0.29, 0.717) is 5.95 Å². The molecule has 0 N–H and O–H groups in total. The summed E-state index contributed by atoms with van der Waals surface area (Å²) in [6.45, 7) is 6.94. The van der Waals surface area contributed by atoms with E-state index in [2.05, 4.69) is 141 Å². The van der Waals surface area contributed by atoms with E-state index in [4.69, 9.17) is 9.97 Å². The zero-order valence-electron chi connectivity index (χ0n) is 23.8. The molecular weight excluding hydrogens is 531 g/mol. The monoisotopic (exact) mass is 559 g/mol. The summed E-state index contributed by atoms with van der Waals surface area (Å²) >= 11 is 1.91. The Balaban J connectivity index is 1.54. The molecule has 3 aromatic heterocycles. The maximum absolute atomic E-state index is 5.31. The van der Waals surface area contributed by atoms with Crippen LogP contribution < -0.4 is 0 Å². The average Bonchev–Trinajstić information content (AvgIpc) is 3.58. The highest BCUT2D eigenvalue weighted by atomic mass is 32.1. The van der Waals surface area contributed by atoms with Crippen molar-refractivity contribution in [1.82, 2.24) is 14.5 Å². The molecule has 202 valence electrons. The van der Waals surface area contributed by atoms with Crippen molar-refractivity contribution in [3.63, 3.8) is 0 Å². The summed E-state index contributed by atoms with van der Waals surface area (Å²) in [5, 5.41) is 4.75. The van der Waals surface area contributed by atoms with Crippen LogP contribution in [0.4, 0.5) is 0 Å². The van der Waals surface area contributed by atoms with Crippen LogP contribution in [0.2, 0.25) is 0 Å². The highest BCUT2D eigenvalue weighted by molar-refractivity contribution is 7.20. The fourth-order valence-corrected chi connectivity index (χ4v) is 7.63. The lowest BCUT2D eigenvalue weighted by Gasteiger charge is -2.19. The molecule has 3 nitrogen and oxygen atoms in total. The summed E-state index contributed by atoms with van der Waals surface area (Å²) in [7, 11) is 0. The third kappa shape index (κ3) is 3.79. The van der Waals surface area contributed by atoms with E-state index in [0.717, 1.165) is 27.7 Å². The Morgan fingerprint density at radius 2 is 1.19 bits per heavy atom. The van der Waals surface area contributed by atoms with Crippen LogP contribution in [0.25, 0.3) is 71.1 Å². The van der Waals surface area contributed by atoms with Gasteiger partial charge in [-0.25, -0.2) is 9.97 Å². The van der Waals surface area contributed by atoms with E-state index in [-0.39, 0.29) is 5.41 Å². The lowest BCUT2D eigenvalue weighted by Crippen LogP contribution is -2.09. The van der Waals surface area contributed by atoms with Gasteiger partial charge < -0.3 is 0 Å². The quantitative estimate of drug-likeness (QED) is 0.216. The number of benzene rings is 5. The SMILES string of the molecule is CC(C)(C)c1sc2c(ccc3c4ccccc4n(-c4nc(-c5ccccc5)c5ccccc5n4)c32)c1-c1ccccc1. The number of fused-ring (bicyclic) bond motifs is 6. The van der Waals surface area contributed by atoms with Crippen molar-refractivity contribution in [2.24, 2.45) is 0 Å². The second-order valence-electron chi connectivity index (χ2n) is 11.9. The standard InChI is InChI=1S/C38H29N3S/c1-38(2,3)36-32(24-14-6-4-7-15-24)29-23-22-27-26-18-11-13-21-31(26)41(34(27)35(29)42-36)37-39-30-20-12-10-19-28(30)33(40-37)25-16-8-5-9-17-25/h4-23H,1-3H3. The number of rotatable bonds is 3. The Hall–Kier alpha value is -4.80. The van der Waals surface area contributed by atoms with Crippen molar-refractivity contribution in [1.29, 1.82) is 0 Å². The van der Waals surface area contributed by atoms with Crippen molar-refractivity contribution >= 4 is 54.1 Å². The highest BCUT2D eigenvalue weighted by Crippen LogP contribution is 2.48. The molecule has 8 rings (SSSR count). The molecule has 0 aliphatic rings. The van der Waals surface area contributed by atoms with Gasteiger partial charge in [0.1, 0.15) is 0 Å². The van der Waals surface area contributed by atoms with E-state index < -0.39 is 0 Å². The van der Waals surface area contributed by atoms with Crippen LogP contribution in [0.3, 0.4) is 0 Å². The van der Waals surface area contributed by atoms with Gasteiger partial charge in [0, 0.05) is 37.5 Å². The lowest BCUT2D eigenvalue weighted by molar-refractivity contribution is 0.606. The van der Waals surface area contributed by atoms with Gasteiger partial charge >= 0.3 is 0 Å². The molecule has 0 amide bonds. The van der Waals surface area contributed by atoms with Gasteiger partial charge in [-0.1, -0.05) is 130 Å². The fraction of sp³-hybridized carbons (Fsp3) is 0.105. The first-order chi connectivity index (χ1) is 20.5. The molecule has 0 bridgehead atoms.